The van der Waals surface area contributed by atoms with E-state index in [9.17, 15) is 0 Å². The summed E-state index contributed by atoms with van der Waals surface area (Å²) >= 11 is 3.48. The Labute approximate surface area is 109 Å². The van der Waals surface area contributed by atoms with Crippen LogP contribution in [-0.2, 0) is 12.3 Å². The van der Waals surface area contributed by atoms with Crippen LogP contribution in [0.4, 0.5) is 0 Å². The average Bonchev–Trinajstić information content (AvgIpc) is 2.95. The molecule has 0 fully saturated rings. The van der Waals surface area contributed by atoms with Crippen LogP contribution in [0.5, 0.6) is 0 Å². The van der Waals surface area contributed by atoms with Crippen molar-refractivity contribution in [2.45, 2.75) is 37.3 Å². The van der Waals surface area contributed by atoms with E-state index in [1.54, 1.807) is 23.1 Å². The summed E-state index contributed by atoms with van der Waals surface area (Å²) in [6.07, 6.45) is 0. The first kappa shape index (κ1) is 12.6. The molecule has 2 N–H and O–H groups in total. The molecule has 0 saturated heterocycles. The summed E-state index contributed by atoms with van der Waals surface area (Å²) in [6.45, 7) is 4.68. The van der Waals surface area contributed by atoms with Gasteiger partial charge in [-0.25, -0.2) is 0 Å². The maximum absolute atomic E-state index is 5.66. The number of thioether (sulfide) groups is 1. The highest BCUT2D eigenvalue weighted by Crippen LogP contribution is 2.26. The molecule has 2 rings (SSSR count). The molecule has 0 spiro atoms. The molecule has 92 valence electrons. The molecule has 6 heteroatoms. The summed E-state index contributed by atoms with van der Waals surface area (Å²) in [5, 5.41) is 11.4. The lowest BCUT2D eigenvalue weighted by atomic mass is 10.4. The Balaban J connectivity index is 2.12. The molecule has 0 aliphatic carbocycles. The van der Waals surface area contributed by atoms with Gasteiger partial charge in [-0.2, -0.15) is 0 Å². The zero-order valence-corrected chi connectivity index (χ0v) is 11.6. The van der Waals surface area contributed by atoms with Crippen LogP contribution < -0.4 is 5.73 Å². The second kappa shape index (κ2) is 5.66. The molecule has 17 heavy (non-hydrogen) atoms. The van der Waals surface area contributed by atoms with Crippen molar-refractivity contribution in [1.29, 1.82) is 0 Å². The van der Waals surface area contributed by atoms with E-state index in [2.05, 4.69) is 46.1 Å². The molecule has 0 unspecified atom stereocenters. The number of nitrogens with zero attached hydrogens (tertiary/aromatic N) is 3. The molecule has 4 nitrogen and oxygen atoms in total. The number of aromatic nitrogens is 3. The summed E-state index contributed by atoms with van der Waals surface area (Å²) in [5.41, 5.74) is 5.66. The van der Waals surface area contributed by atoms with E-state index in [0.29, 0.717) is 12.6 Å². The number of thiophene rings is 1. The van der Waals surface area contributed by atoms with E-state index < -0.39 is 0 Å². The van der Waals surface area contributed by atoms with Crippen molar-refractivity contribution < 1.29 is 0 Å². The SMILES string of the molecule is CC(C)n1c(CN)nnc1SCc1cccs1. The highest BCUT2D eigenvalue weighted by molar-refractivity contribution is 7.98. The minimum atomic E-state index is 0.342. The maximum Gasteiger partial charge on any atom is 0.191 e. The first-order chi connectivity index (χ1) is 8.22. The minimum absolute atomic E-state index is 0.342. The molecular formula is C11H16N4S2. The minimum Gasteiger partial charge on any atom is -0.324 e. The third kappa shape index (κ3) is 2.88. The number of hydrogen-bond acceptors (Lipinski definition) is 5. The van der Waals surface area contributed by atoms with E-state index in [1.807, 2.05) is 0 Å². The van der Waals surface area contributed by atoms with Gasteiger partial charge in [0.05, 0.1) is 6.54 Å². The van der Waals surface area contributed by atoms with Crippen LogP contribution in [0.25, 0.3) is 0 Å². The quantitative estimate of drug-likeness (QED) is 0.847. The number of hydrogen-bond donors (Lipinski definition) is 1. The summed E-state index contributed by atoms with van der Waals surface area (Å²) in [6, 6.07) is 4.55. The van der Waals surface area contributed by atoms with Gasteiger partial charge in [-0.3, -0.25) is 0 Å². The maximum atomic E-state index is 5.66. The molecule has 0 bridgehead atoms. The Hall–Kier alpha value is -0.850. The van der Waals surface area contributed by atoms with Crippen LogP contribution in [0.3, 0.4) is 0 Å². The zero-order valence-electron chi connectivity index (χ0n) is 9.96. The van der Waals surface area contributed by atoms with Gasteiger partial charge in [0.1, 0.15) is 5.82 Å². The molecule has 0 saturated carbocycles. The summed E-state index contributed by atoms with van der Waals surface area (Å²) in [5.74, 6) is 1.79. The third-order valence-electron chi connectivity index (χ3n) is 2.36. The van der Waals surface area contributed by atoms with Crippen LogP contribution in [0, 0.1) is 0 Å². The van der Waals surface area contributed by atoms with E-state index in [4.69, 9.17) is 5.73 Å². The normalized spacial score (nSPS) is 11.3. The van der Waals surface area contributed by atoms with Gasteiger partial charge < -0.3 is 10.3 Å². The van der Waals surface area contributed by atoms with Crippen LogP contribution in [0.15, 0.2) is 22.7 Å². The monoisotopic (exact) mass is 268 g/mol. The molecule has 2 aromatic heterocycles. The Morgan fingerprint density at radius 3 is 2.88 bits per heavy atom. The van der Waals surface area contributed by atoms with Gasteiger partial charge in [-0.15, -0.1) is 21.5 Å². The molecule has 2 heterocycles. The van der Waals surface area contributed by atoms with Crippen molar-refractivity contribution in [3.8, 4) is 0 Å². The first-order valence-corrected chi connectivity index (χ1v) is 7.38. The van der Waals surface area contributed by atoms with E-state index in [0.717, 1.165) is 16.7 Å². The summed E-state index contributed by atoms with van der Waals surface area (Å²) in [4.78, 5) is 1.35. The van der Waals surface area contributed by atoms with Crippen LogP contribution in [0.2, 0.25) is 0 Å². The molecular weight excluding hydrogens is 252 g/mol. The lowest BCUT2D eigenvalue weighted by Gasteiger charge is -2.12. The van der Waals surface area contributed by atoms with Crippen molar-refractivity contribution in [2.24, 2.45) is 5.73 Å². The molecule has 0 aliphatic rings. The zero-order chi connectivity index (χ0) is 12.3. The van der Waals surface area contributed by atoms with Crippen molar-refractivity contribution in [1.82, 2.24) is 14.8 Å². The van der Waals surface area contributed by atoms with Crippen molar-refractivity contribution in [3.63, 3.8) is 0 Å². The lowest BCUT2D eigenvalue weighted by molar-refractivity contribution is 0.526. The van der Waals surface area contributed by atoms with E-state index in [1.165, 1.54) is 4.88 Å². The van der Waals surface area contributed by atoms with Gasteiger partial charge >= 0.3 is 0 Å². The molecule has 2 aromatic rings. The standard InChI is InChI=1S/C11H16N4S2/c1-8(2)15-10(6-12)13-14-11(15)17-7-9-4-3-5-16-9/h3-5,8H,6-7,12H2,1-2H3. The Kier molecular flexibility index (Phi) is 4.20. The fourth-order valence-corrected chi connectivity index (χ4v) is 3.45. The second-order valence-electron chi connectivity index (χ2n) is 3.93. The third-order valence-corrected chi connectivity index (χ3v) is 4.41. The van der Waals surface area contributed by atoms with Gasteiger partial charge in [0.2, 0.25) is 0 Å². The molecule has 0 amide bonds. The topological polar surface area (TPSA) is 56.7 Å². The van der Waals surface area contributed by atoms with Gasteiger partial charge in [-0.1, -0.05) is 17.8 Å². The highest BCUT2D eigenvalue weighted by atomic mass is 32.2. The predicted octanol–water partition coefficient (Wildman–Crippen LogP) is 2.67. The van der Waals surface area contributed by atoms with Crippen LogP contribution in [-0.4, -0.2) is 14.8 Å². The molecule has 0 radical (unpaired) electrons. The Morgan fingerprint density at radius 1 is 1.47 bits per heavy atom. The van der Waals surface area contributed by atoms with E-state index >= 15 is 0 Å². The predicted molar refractivity (Wildman–Crippen MR) is 72.2 cm³/mol. The Bertz CT molecular complexity index is 462. The van der Waals surface area contributed by atoms with Crippen molar-refractivity contribution in [3.05, 3.63) is 28.2 Å². The smallest absolute Gasteiger partial charge is 0.191 e. The van der Waals surface area contributed by atoms with Gasteiger partial charge in [-0.05, 0) is 25.3 Å². The van der Waals surface area contributed by atoms with Gasteiger partial charge in [0.15, 0.2) is 5.16 Å². The fraction of sp³-hybridized carbons (Fsp3) is 0.455. The molecule has 0 aromatic carbocycles. The molecule has 0 aliphatic heterocycles. The first-order valence-electron chi connectivity index (χ1n) is 5.51. The number of nitrogens with two attached hydrogens (primary N) is 1. The average molecular weight is 268 g/mol. The van der Waals surface area contributed by atoms with Crippen molar-refractivity contribution >= 4 is 23.1 Å². The van der Waals surface area contributed by atoms with Crippen LogP contribution >= 0.6 is 23.1 Å². The summed E-state index contributed by atoms with van der Waals surface area (Å²) in [7, 11) is 0. The highest BCUT2D eigenvalue weighted by Gasteiger charge is 2.14. The number of rotatable bonds is 5. The van der Waals surface area contributed by atoms with Gasteiger partial charge in [0.25, 0.3) is 0 Å². The summed E-state index contributed by atoms with van der Waals surface area (Å²) < 4.78 is 2.11. The largest absolute Gasteiger partial charge is 0.324 e. The second-order valence-corrected chi connectivity index (χ2v) is 5.91. The fourth-order valence-electron chi connectivity index (χ4n) is 1.59. The van der Waals surface area contributed by atoms with Crippen molar-refractivity contribution in [2.75, 3.05) is 0 Å². The van der Waals surface area contributed by atoms with Crippen LogP contribution in [0.1, 0.15) is 30.6 Å². The Morgan fingerprint density at radius 2 is 2.29 bits per heavy atom. The van der Waals surface area contributed by atoms with Gasteiger partial charge in [0, 0.05) is 16.7 Å². The molecule has 0 atom stereocenters. The lowest BCUT2D eigenvalue weighted by Crippen LogP contribution is -2.11. The van der Waals surface area contributed by atoms with E-state index in [-0.39, 0.29) is 0 Å².